The van der Waals surface area contributed by atoms with Gasteiger partial charge < -0.3 is 19.5 Å². The number of nitrogens with one attached hydrogen (secondary N) is 1. The monoisotopic (exact) mass is 390 g/mol. The lowest BCUT2D eigenvalue weighted by atomic mass is 9.93. The van der Waals surface area contributed by atoms with E-state index in [4.69, 9.17) is 9.73 Å². The number of guanidine groups is 1. The molecule has 3 heterocycles. The minimum Gasteiger partial charge on any atom is -0.379 e. The maximum Gasteiger partial charge on any atom is 0.194 e. The van der Waals surface area contributed by atoms with Gasteiger partial charge in [0.25, 0.3) is 0 Å². The molecular weight excluding hydrogens is 352 g/mol. The highest BCUT2D eigenvalue weighted by atomic mass is 16.5. The lowest BCUT2D eigenvalue weighted by molar-refractivity contribution is 0.00860. The fraction of sp³-hybridized carbons (Fsp3) is 0.810. The van der Waals surface area contributed by atoms with Gasteiger partial charge in [-0.05, 0) is 25.2 Å². The molecular formula is C21H38N6O. The number of rotatable bonds is 6. The number of morpholine rings is 1. The van der Waals surface area contributed by atoms with Crippen LogP contribution in [0.5, 0.6) is 0 Å². The van der Waals surface area contributed by atoms with Gasteiger partial charge in [0.1, 0.15) is 0 Å². The van der Waals surface area contributed by atoms with Crippen molar-refractivity contribution >= 4 is 5.96 Å². The van der Waals surface area contributed by atoms with Gasteiger partial charge in [0.15, 0.2) is 5.96 Å². The first-order valence-corrected chi connectivity index (χ1v) is 10.9. The number of likely N-dealkylation sites (tertiary alicyclic amines) is 1. The molecule has 0 spiro atoms. The van der Waals surface area contributed by atoms with E-state index in [0.717, 1.165) is 58.4 Å². The van der Waals surface area contributed by atoms with E-state index in [-0.39, 0.29) is 0 Å². The molecule has 7 nitrogen and oxygen atoms in total. The quantitative estimate of drug-likeness (QED) is 0.595. The number of imidazole rings is 1. The SMILES string of the molecule is CCNC(=NCC(C(C)C)N1CCOCC1)N1CCC(C)C(n2ccnc2)C1. The Bertz CT molecular complexity index is 596. The van der Waals surface area contributed by atoms with Crippen LogP contribution in [0.2, 0.25) is 0 Å². The lowest BCUT2D eigenvalue weighted by Gasteiger charge is -2.40. The summed E-state index contributed by atoms with van der Waals surface area (Å²) >= 11 is 0. The second-order valence-electron chi connectivity index (χ2n) is 8.44. The fourth-order valence-electron chi connectivity index (χ4n) is 4.36. The molecule has 2 saturated heterocycles. The average molecular weight is 391 g/mol. The fourth-order valence-corrected chi connectivity index (χ4v) is 4.36. The van der Waals surface area contributed by atoms with Gasteiger partial charge >= 0.3 is 0 Å². The Morgan fingerprint density at radius 2 is 2.07 bits per heavy atom. The maximum atomic E-state index is 5.54. The molecule has 28 heavy (non-hydrogen) atoms. The van der Waals surface area contributed by atoms with Gasteiger partial charge in [-0.3, -0.25) is 9.89 Å². The highest BCUT2D eigenvalue weighted by Gasteiger charge is 2.29. The summed E-state index contributed by atoms with van der Waals surface area (Å²) in [4.78, 5) is 14.3. The van der Waals surface area contributed by atoms with E-state index in [1.54, 1.807) is 0 Å². The number of piperidine rings is 1. The van der Waals surface area contributed by atoms with Crippen LogP contribution in [0.15, 0.2) is 23.7 Å². The van der Waals surface area contributed by atoms with Crippen molar-refractivity contribution < 1.29 is 4.74 Å². The third kappa shape index (κ3) is 5.26. The first-order valence-electron chi connectivity index (χ1n) is 10.9. The molecule has 0 radical (unpaired) electrons. The number of hydrogen-bond donors (Lipinski definition) is 1. The Kier molecular flexibility index (Phi) is 7.73. The van der Waals surface area contributed by atoms with Crippen LogP contribution in [-0.2, 0) is 4.74 Å². The van der Waals surface area contributed by atoms with Crippen LogP contribution in [0, 0.1) is 11.8 Å². The standard InChI is InChI=1S/C21H38N6O/c1-5-23-21(24-14-19(17(2)3)25-10-12-28-13-11-25)26-8-6-18(4)20(15-26)27-9-7-22-16-27/h7,9,16-20H,5-6,8,10-15H2,1-4H3,(H,23,24). The third-order valence-corrected chi connectivity index (χ3v) is 6.17. The number of aromatic nitrogens is 2. The largest absolute Gasteiger partial charge is 0.379 e. The molecule has 3 unspecified atom stereocenters. The van der Waals surface area contributed by atoms with Crippen LogP contribution in [0.1, 0.15) is 40.2 Å². The van der Waals surface area contributed by atoms with E-state index in [9.17, 15) is 0 Å². The summed E-state index contributed by atoms with van der Waals surface area (Å²) in [5.74, 6) is 2.27. The number of ether oxygens (including phenoxy) is 1. The molecule has 1 aromatic heterocycles. The predicted octanol–water partition coefficient (Wildman–Crippen LogP) is 2.09. The zero-order valence-electron chi connectivity index (χ0n) is 18.0. The Labute approximate surface area is 170 Å². The molecule has 158 valence electrons. The summed E-state index contributed by atoms with van der Waals surface area (Å²) in [6.07, 6.45) is 7.08. The molecule has 1 N–H and O–H groups in total. The summed E-state index contributed by atoms with van der Waals surface area (Å²) in [7, 11) is 0. The number of aliphatic imine (C=N–C) groups is 1. The van der Waals surface area contributed by atoms with Crippen LogP contribution in [0.25, 0.3) is 0 Å². The summed E-state index contributed by atoms with van der Waals surface area (Å²) < 4.78 is 7.80. The van der Waals surface area contributed by atoms with Crippen LogP contribution in [0.3, 0.4) is 0 Å². The summed E-state index contributed by atoms with van der Waals surface area (Å²) in [5.41, 5.74) is 0. The molecule has 0 aliphatic carbocycles. The van der Waals surface area contributed by atoms with Crippen LogP contribution in [0.4, 0.5) is 0 Å². The second-order valence-corrected chi connectivity index (χ2v) is 8.44. The first-order chi connectivity index (χ1) is 13.6. The number of hydrogen-bond acceptors (Lipinski definition) is 4. The van der Waals surface area contributed by atoms with Gasteiger partial charge in [-0.25, -0.2) is 4.98 Å². The zero-order valence-corrected chi connectivity index (χ0v) is 18.0. The van der Waals surface area contributed by atoms with E-state index >= 15 is 0 Å². The van der Waals surface area contributed by atoms with Crippen molar-refractivity contribution in [1.82, 2.24) is 24.7 Å². The Morgan fingerprint density at radius 1 is 1.29 bits per heavy atom. The van der Waals surface area contributed by atoms with Crippen LogP contribution < -0.4 is 5.32 Å². The summed E-state index contributed by atoms with van der Waals surface area (Å²) in [6, 6.07) is 0.908. The van der Waals surface area contributed by atoms with Crippen LogP contribution in [-0.4, -0.2) is 83.8 Å². The second kappa shape index (κ2) is 10.3. The lowest BCUT2D eigenvalue weighted by Crippen LogP contribution is -2.50. The molecule has 3 atom stereocenters. The van der Waals surface area contributed by atoms with Gasteiger partial charge in [0.05, 0.1) is 32.1 Å². The van der Waals surface area contributed by atoms with Crippen molar-refractivity contribution in [2.24, 2.45) is 16.8 Å². The van der Waals surface area contributed by atoms with E-state index in [0.29, 0.717) is 23.9 Å². The molecule has 2 aliphatic heterocycles. The molecule has 7 heteroatoms. The summed E-state index contributed by atoms with van der Waals surface area (Å²) in [5, 5.41) is 3.54. The van der Waals surface area contributed by atoms with Crippen molar-refractivity contribution in [3.05, 3.63) is 18.7 Å². The smallest absolute Gasteiger partial charge is 0.194 e. The van der Waals surface area contributed by atoms with Crippen molar-refractivity contribution in [3.8, 4) is 0 Å². The van der Waals surface area contributed by atoms with Crippen molar-refractivity contribution in [2.75, 3.05) is 52.5 Å². The minimum atomic E-state index is 0.445. The summed E-state index contributed by atoms with van der Waals surface area (Å²) in [6.45, 7) is 16.6. The van der Waals surface area contributed by atoms with Gasteiger partial charge in [-0.15, -0.1) is 0 Å². The topological polar surface area (TPSA) is 57.9 Å². The third-order valence-electron chi connectivity index (χ3n) is 6.17. The molecule has 0 amide bonds. The molecule has 2 fully saturated rings. The van der Waals surface area contributed by atoms with E-state index in [1.165, 1.54) is 6.42 Å². The van der Waals surface area contributed by atoms with Crippen molar-refractivity contribution in [3.63, 3.8) is 0 Å². The van der Waals surface area contributed by atoms with Crippen LogP contribution >= 0.6 is 0 Å². The molecule has 0 aromatic carbocycles. The highest BCUT2D eigenvalue weighted by Crippen LogP contribution is 2.27. The van der Waals surface area contributed by atoms with Gasteiger partial charge in [-0.2, -0.15) is 0 Å². The Balaban J connectivity index is 1.70. The van der Waals surface area contributed by atoms with E-state index in [1.807, 2.05) is 12.5 Å². The van der Waals surface area contributed by atoms with Crippen molar-refractivity contribution in [2.45, 2.75) is 46.2 Å². The van der Waals surface area contributed by atoms with Crippen molar-refractivity contribution in [1.29, 1.82) is 0 Å². The normalized spacial score (nSPS) is 25.9. The van der Waals surface area contributed by atoms with E-state index < -0.39 is 0 Å². The molecule has 0 saturated carbocycles. The number of nitrogens with zero attached hydrogens (tertiary/aromatic N) is 5. The Morgan fingerprint density at radius 3 is 2.71 bits per heavy atom. The maximum absolute atomic E-state index is 5.54. The highest BCUT2D eigenvalue weighted by molar-refractivity contribution is 5.80. The van der Waals surface area contributed by atoms with Gasteiger partial charge in [0, 0.05) is 51.2 Å². The zero-order chi connectivity index (χ0) is 19.9. The molecule has 2 aliphatic rings. The Hall–Kier alpha value is -1.60. The van der Waals surface area contributed by atoms with E-state index in [2.05, 4.69) is 58.6 Å². The minimum absolute atomic E-state index is 0.445. The molecule has 0 bridgehead atoms. The average Bonchev–Trinajstić information content (AvgIpc) is 3.23. The van der Waals surface area contributed by atoms with Gasteiger partial charge in [0.2, 0.25) is 0 Å². The van der Waals surface area contributed by atoms with Gasteiger partial charge in [-0.1, -0.05) is 20.8 Å². The first kappa shape index (κ1) is 21.1. The molecule has 1 aromatic rings. The molecule has 3 rings (SSSR count). The predicted molar refractivity (Wildman–Crippen MR) is 114 cm³/mol.